The van der Waals surface area contributed by atoms with Gasteiger partial charge in [-0.25, -0.2) is 17.7 Å². The van der Waals surface area contributed by atoms with Crippen molar-refractivity contribution < 1.29 is 31.6 Å². The Balaban J connectivity index is 2.08. The van der Waals surface area contributed by atoms with Gasteiger partial charge in [-0.15, -0.1) is 0 Å². The van der Waals surface area contributed by atoms with E-state index in [0.717, 1.165) is 0 Å². The quantitative estimate of drug-likeness (QED) is 0.322. The van der Waals surface area contributed by atoms with Gasteiger partial charge in [0.25, 0.3) is 0 Å². The fourth-order valence-electron chi connectivity index (χ4n) is 3.77. The van der Waals surface area contributed by atoms with Crippen LogP contribution in [0.3, 0.4) is 0 Å². The summed E-state index contributed by atoms with van der Waals surface area (Å²) in [7, 11) is -7.87. The second-order valence-electron chi connectivity index (χ2n) is 9.20. The number of benzene rings is 2. The van der Waals surface area contributed by atoms with Gasteiger partial charge >= 0.3 is 13.2 Å². The van der Waals surface area contributed by atoms with E-state index in [1.54, 1.807) is 65.8 Å². The summed E-state index contributed by atoms with van der Waals surface area (Å²) in [6.07, 6.45) is 0.193. The molecule has 0 spiro atoms. The minimum absolute atomic E-state index is 0.0472. The molecule has 0 saturated carbocycles. The molecule has 35 heavy (non-hydrogen) atoms. The lowest BCUT2D eigenvalue weighted by Crippen LogP contribution is -2.53. The van der Waals surface area contributed by atoms with E-state index in [0.29, 0.717) is 11.5 Å². The molecule has 194 valence electrons. The topological polar surface area (TPSA) is 120 Å². The third-order valence-corrected chi connectivity index (χ3v) is 8.22. The zero-order chi connectivity index (χ0) is 26.3. The Bertz CT molecular complexity index is 1120. The van der Waals surface area contributed by atoms with Crippen molar-refractivity contribution in [1.82, 2.24) is 10.0 Å². The highest BCUT2D eigenvalue weighted by molar-refractivity contribution is 7.89. The van der Waals surface area contributed by atoms with Gasteiger partial charge in [-0.05, 0) is 84.4 Å². The van der Waals surface area contributed by atoms with Gasteiger partial charge in [0.05, 0.1) is 18.1 Å². The molecule has 2 aromatic carbocycles. The highest BCUT2D eigenvalue weighted by Gasteiger charge is 2.40. The molecule has 0 aliphatic heterocycles. The van der Waals surface area contributed by atoms with Crippen molar-refractivity contribution in [1.29, 1.82) is 0 Å². The van der Waals surface area contributed by atoms with Gasteiger partial charge in [0.2, 0.25) is 10.0 Å². The molecule has 0 fully saturated rings. The van der Waals surface area contributed by atoms with Crippen molar-refractivity contribution in [2.75, 3.05) is 13.2 Å². The van der Waals surface area contributed by atoms with E-state index < -0.39 is 34.3 Å². The molecule has 2 N–H and O–H groups in total. The van der Waals surface area contributed by atoms with Crippen molar-refractivity contribution in [2.45, 2.75) is 63.9 Å². The largest absolute Gasteiger partial charge is 0.457 e. The highest BCUT2D eigenvalue weighted by atomic mass is 32.2. The number of hydrogen-bond donors (Lipinski definition) is 2. The fourth-order valence-corrected chi connectivity index (χ4v) is 6.61. The molecule has 9 nitrogen and oxygen atoms in total. The minimum atomic E-state index is -3.99. The molecular formula is C24H35N2O7PS. The molecule has 0 saturated heterocycles. The summed E-state index contributed by atoms with van der Waals surface area (Å²) < 4.78 is 57.4. The smallest absolute Gasteiger partial charge is 0.418 e. The van der Waals surface area contributed by atoms with Crippen molar-refractivity contribution in [3.8, 4) is 11.5 Å². The molecule has 0 aliphatic rings. The van der Waals surface area contributed by atoms with Gasteiger partial charge in [-0.3, -0.25) is 4.79 Å². The third kappa shape index (κ3) is 8.74. The normalized spacial score (nSPS) is 12.9. The molecular weight excluding hydrogens is 491 g/mol. The number of ether oxygens (including phenoxy) is 1. The molecule has 1 amide bonds. The first-order valence-electron chi connectivity index (χ1n) is 11.3. The summed E-state index contributed by atoms with van der Waals surface area (Å²) in [5.74, 6) is 1.15. The first kappa shape index (κ1) is 29.0. The van der Waals surface area contributed by atoms with Crippen LogP contribution in [0.25, 0.3) is 0 Å². The second kappa shape index (κ2) is 11.7. The molecule has 2 aromatic rings. The number of nitrogens with one attached hydrogen (secondary N) is 2. The SMILES string of the molecule is CCOP(=O)(OCC)C(=O)NC(C)(C)CC(C)(C)NS(=O)(=O)c1ccc(Oc2ccccc2)cc1. The van der Waals surface area contributed by atoms with Crippen LogP contribution in [-0.2, 0) is 23.6 Å². The Kier molecular flexibility index (Phi) is 9.67. The number of carbonyl (C=O) groups is 1. The molecule has 0 atom stereocenters. The van der Waals surface area contributed by atoms with Gasteiger partial charge in [-0.2, -0.15) is 0 Å². The summed E-state index contributed by atoms with van der Waals surface area (Å²) in [6, 6.07) is 15.3. The predicted octanol–water partition coefficient (Wildman–Crippen LogP) is 5.68. The highest BCUT2D eigenvalue weighted by Crippen LogP contribution is 2.49. The lowest BCUT2D eigenvalue weighted by atomic mass is 9.88. The van der Waals surface area contributed by atoms with Crippen LogP contribution in [0.1, 0.15) is 48.0 Å². The van der Waals surface area contributed by atoms with Crippen LogP contribution >= 0.6 is 7.60 Å². The summed E-state index contributed by atoms with van der Waals surface area (Å²) in [4.78, 5) is 12.7. The number of hydrogen-bond acceptors (Lipinski definition) is 7. The van der Waals surface area contributed by atoms with E-state index in [1.807, 2.05) is 18.2 Å². The number of rotatable bonds is 13. The van der Waals surface area contributed by atoms with Crippen molar-refractivity contribution >= 4 is 23.3 Å². The summed E-state index contributed by atoms with van der Waals surface area (Å²) in [5.41, 5.74) is -2.75. The minimum Gasteiger partial charge on any atom is -0.457 e. The van der Waals surface area contributed by atoms with E-state index >= 15 is 0 Å². The van der Waals surface area contributed by atoms with Crippen LogP contribution in [-0.4, -0.2) is 38.4 Å². The Morgan fingerprint density at radius 1 is 0.857 bits per heavy atom. The zero-order valence-electron chi connectivity index (χ0n) is 21.0. The van der Waals surface area contributed by atoms with Crippen LogP contribution < -0.4 is 14.8 Å². The number of amides is 1. The average Bonchev–Trinajstić information content (AvgIpc) is 2.73. The molecule has 0 unspecified atom stereocenters. The monoisotopic (exact) mass is 526 g/mol. The van der Waals surface area contributed by atoms with Crippen molar-refractivity contribution in [3.05, 3.63) is 54.6 Å². The Morgan fingerprint density at radius 2 is 1.37 bits per heavy atom. The van der Waals surface area contributed by atoms with Crippen molar-refractivity contribution in [2.24, 2.45) is 0 Å². The standard InChI is InChI=1S/C24H35N2O7PS/c1-7-31-34(28,32-8-2)22(27)25-23(3,4)18-24(5,6)26-35(29,30)21-16-14-20(15-17-21)33-19-12-10-9-11-13-19/h9-17,26H,7-8,18H2,1-6H3,(H,25,27). The number of sulfonamides is 1. The lowest BCUT2D eigenvalue weighted by molar-refractivity contribution is 0.198. The Labute approximate surface area is 208 Å². The van der Waals surface area contributed by atoms with E-state index in [-0.39, 0.29) is 24.5 Å². The van der Waals surface area contributed by atoms with Crippen LogP contribution in [0.4, 0.5) is 4.79 Å². The van der Waals surface area contributed by atoms with Crippen LogP contribution in [0.2, 0.25) is 0 Å². The van der Waals surface area contributed by atoms with Gasteiger partial charge < -0.3 is 19.1 Å². The Hall–Kier alpha value is -2.23. The van der Waals surface area contributed by atoms with Crippen molar-refractivity contribution in [3.63, 3.8) is 0 Å². The first-order chi connectivity index (χ1) is 16.2. The summed E-state index contributed by atoms with van der Waals surface area (Å²) in [6.45, 7) is 10.1. The van der Waals surface area contributed by atoms with Gasteiger partial charge in [0.15, 0.2) is 0 Å². The summed E-state index contributed by atoms with van der Waals surface area (Å²) >= 11 is 0. The lowest BCUT2D eigenvalue weighted by Gasteiger charge is -2.36. The fraction of sp³-hybridized carbons (Fsp3) is 0.458. The second-order valence-corrected chi connectivity index (χ2v) is 12.8. The van der Waals surface area contributed by atoms with Crippen LogP contribution in [0.15, 0.2) is 59.5 Å². The predicted molar refractivity (Wildman–Crippen MR) is 135 cm³/mol. The van der Waals surface area contributed by atoms with Crippen LogP contribution in [0.5, 0.6) is 11.5 Å². The molecule has 0 radical (unpaired) electrons. The van der Waals surface area contributed by atoms with Gasteiger partial charge in [0, 0.05) is 11.1 Å². The average molecular weight is 527 g/mol. The van der Waals surface area contributed by atoms with E-state index in [1.165, 1.54) is 12.1 Å². The van der Waals surface area contributed by atoms with Crippen LogP contribution in [0, 0.1) is 0 Å². The molecule has 0 aliphatic carbocycles. The maximum absolute atomic E-state index is 13.0. The molecule has 0 aromatic heterocycles. The van der Waals surface area contributed by atoms with Gasteiger partial charge in [-0.1, -0.05) is 18.2 Å². The maximum atomic E-state index is 13.0. The third-order valence-electron chi connectivity index (χ3n) is 4.70. The molecule has 11 heteroatoms. The number of carbonyl (C=O) groups excluding carboxylic acids is 1. The Morgan fingerprint density at radius 3 is 1.89 bits per heavy atom. The van der Waals surface area contributed by atoms with E-state index in [4.69, 9.17) is 13.8 Å². The molecule has 0 heterocycles. The first-order valence-corrected chi connectivity index (χ1v) is 14.3. The molecule has 2 rings (SSSR count). The van der Waals surface area contributed by atoms with E-state index in [2.05, 4.69) is 10.0 Å². The maximum Gasteiger partial charge on any atom is 0.418 e. The van der Waals surface area contributed by atoms with Gasteiger partial charge in [0.1, 0.15) is 11.5 Å². The zero-order valence-corrected chi connectivity index (χ0v) is 22.7. The van der Waals surface area contributed by atoms with E-state index in [9.17, 15) is 17.8 Å². The number of para-hydroxylation sites is 1. The summed E-state index contributed by atoms with van der Waals surface area (Å²) in [5, 5.41) is 2.68. The molecule has 0 bridgehead atoms.